The minimum Gasteiger partial charge on any atom is -0.497 e. The molecule has 0 atom stereocenters. The second-order valence-corrected chi connectivity index (χ2v) is 3.25. The van der Waals surface area contributed by atoms with Gasteiger partial charge in [-0.05, 0) is 18.2 Å². The van der Waals surface area contributed by atoms with E-state index >= 15 is 0 Å². The Balaban J connectivity index is 2.41. The van der Waals surface area contributed by atoms with Gasteiger partial charge in [-0.2, -0.15) is 0 Å². The molecule has 0 aliphatic carbocycles. The van der Waals surface area contributed by atoms with Gasteiger partial charge in [0, 0.05) is 11.8 Å². The fourth-order valence-electron chi connectivity index (χ4n) is 1.42. The fourth-order valence-corrected chi connectivity index (χ4v) is 1.42. The highest BCUT2D eigenvalue weighted by Gasteiger charge is 2.02. The van der Waals surface area contributed by atoms with Gasteiger partial charge in [0.2, 0.25) is 0 Å². The van der Waals surface area contributed by atoms with Crippen LogP contribution in [0.5, 0.6) is 5.75 Å². The van der Waals surface area contributed by atoms with Crippen molar-refractivity contribution in [2.75, 3.05) is 7.11 Å². The van der Waals surface area contributed by atoms with Crippen LogP contribution in [0.25, 0.3) is 11.3 Å². The van der Waals surface area contributed by atoms with E-state index in [0.717, 1.165) is 17.0 Å². The minimum absolute atomic E-state index is 0.155. The topological polar surface area (TPSA) is 55.2 Å². The zero-order valence-corrected chi connectivity index (χ0v) is 8.92. The summed E-state index contributed by atoms with van der Waals surface area (Å²) in [5.41, 5.74) is 1.72. The Hall–Kier alpha value is -1.94. The van der Waals surface area contributed by atoms with Gasteiger partial charge >= 0.3 is 0 Å². The number of hydrogen-bond donors (Lipinski definition) is 1. The monoisotopic (exact) mass is 216 g/mol. The van der Waals surface area contributed by atoms with Gasteiger partial charge in [-0.3, -0.25) is 0 Å². The van der Waals surface area contributed by atoms with Crippen molar-refractivity contribution in [3.8, 4) is 17.0 Å². The normalized spacial score (nSPS) is 10.1. The van der Waals surface area contributed by atoms with Crippen molar-refractivity contribution >= 4 is 0 Å². The first kappa shape index (κ1) is 10.6. The highest BCUT2D eigenvalue weighted by Crippen LogP contribution is 2.21. The first-order valence-electron chi connectivity index (χ1n) is 4.90. The maximum atomic E-state index is 8.96. The standard InChI is InChI=1S/C12H12N2O2/c1-16-10-4-2-3-9(7-10)11-5-6-13-12(8-15)14-11/h2-7,15H,8H2,1H3. The Labute approximate surface area is 93.6 Å². The molecule has 0 fully saturated rings. The van der Waals surface area contributed by atoms with Crippen molar-refractivity contribution in [1.29, 1.82) is 0 Å². The molecule has 1 N–H and O–H groups in total. The summed E-state index contributed by atoms with van der Waals surface area (Å²) < 4.78 is 5.14. The second-order valence-electron chi connectivity index (χ2n) is 3.25. The van der Waals surface area contributed by atoms with E-state index in [-0.39, 0.29) is 6.61 Å². The molecule has 0 amide bonds. The number of hydrogen-bond acceptors (Lipinski definition) is 4. The van der Waals surface area contributed by atoms with E-state index in [9.17, 15) is 0 Å². The van der Waals surface area contributed by atoms with Gasteiger partial charge in [0.05, 0.1) is 12.8 Å². The van der Waals surface area contributed by atoms with E-state index < -0.39 is 0 Å². The van der Waals surface area contributed by atoms with Crippen molar-refractivity contribution in [2.45, 2.75) is 6.61 Å². The first-order valence-corrected chi connectivity index (χ1v) is 4.90. The molecule has 0 unspecified atom stereocenters. The third kappa shape index (κ3) is 2.17. The molecule has 0 saturated heterocycles. The van der Waals surface area contributed by atoms with Gasteiger partial charge < -0.3 is 9.84 Å². The Bertz CT molecular complexity index is 440. The third-order valence-electron chi connectivity index (χ3n) is 2.21. The van der Waals surface area contributed by atoms with E-state index in [1.165, 1.54) is 0 Å². The molecule has 0 aliphatic rings. The summed E-state index contributed by atoms with van der Waals surface area (Å²) in [6.45, 7) is -0.155. The minimum atomic E-state index is -0.155. The highest BCUT2D eigenvalue weighted by atomic mass is 16.5. The van der Waals surface area contributed by atoms with E-state index in [1.54, 1.807) is 19.4 Å². The number of nitrogens with zero attached hydrogens (tertiary/aromatic N) is 2. The number of rotatable bonds is 3. The van der Waals surface area contributed by atoms with Gasteiger partial charge in [0.25, 0.3) is 0 Å². The average Bonchev–Trinajstić information content (AvgIpc) is 2.39. The maximum Gasteiger partial charge on any atom is 0.154 e. The van der Waals surface area contributed by atoms with E-state index in [0.29, 0.717) is 5.82 Å². The summed E-state index contributed by atoms with van der Waals surface area (Å²) >= 11 is 0. The summed E-state index contributed by atoms with van der Waals surface area (Å²) in [7, 11) is 1.62. The number of aliphatic hydroxyl groups is 1. The number of ether oxygens (including phenoxy) is 1. The van der Waals surface area contributed by atoms with E-state index in [1.807, 2.05) is 24.3 Å². The molecule has 2 aromatic rings. The molecule has 0 saturated carbocycles. The van der Waals surface area contributed by atoms with Crippen LogP contribution >= 0.6 is 0 Å². The van der Waals surface area contributed by atoms with Crippen molar-refractivity contribution in [3.05, 3.63) is 42.4 Å². The smallest absolute Gasteiger partial charge is 0.154 e. The molecule has 0 radical (unpaired) electrons. The zero-order valence-electron chi connectivity index (χ0n) is 8.92. The Morgan fingerprint density at radius 2 is 2.19 bits per heavy atom. The molecule has 16 heavy (non-hydrogen) atoms. The van der Waals surface area contributed by atoms with Crippen LogP contribution < -0.4 is 4.74 Å². The van der Waals surface area contributed by atoms with Crippen LogP contribution in [0.1, 0.15) is 5.82 Å². The number of methoxy groups -OCH3 is 1. The molecule has 2 rings (SSSR count). The van der Waals surface area contributed by atoms with Crippen LogP contribution in [-0.2, 0) is 6.61 Å². The van der Waals surface area contributed by atoms with Gasteiger partial charge in [0.1, 0.15) is 12.4 Å². The molecule has 0 bridgehead atoms. The Kier molecular flexibility index (Phi) is 3.12. The predicted octanol–water partition coefficient (Wildman–Crippen LogP) is 1.64. The quantitative estimate of drug-likeness (QED) is 0.847. The SMILES string of the molecule is COc1cccc(-c2ccnc(CO)n2)c1. The first-order chi connectivity index (χ1) is 7.83. The van der Waals surface area contributed by atoms with Crippen molar-refractivity contribution in [1.82, 2.24) is 9.97 Å². The van der Waals surface area contributed by atoms with E-state index in [2.05, 4.69) is 9.97 Å². The predicted molar refractivity (Wildman–Crippen MR) is 59.9 cm³/mol. The van der Waals surface area contributed by atoms with Crippen LogP contribution in [-0.4, -0.2) is 22.2 Å². The number of aliphatic hydroxyl groups excluding tert-OH is 1. The lowest BCUT2D eigenvalue weighted by atomic mass is 10.1. The summed E-state index contributed by atoms with van der Waals surface area (Å²) in [6, 6.07) is 9.40. The molecule has 4 heteroatoms. The van der Waals surface area contributed by atoms with Gasteiger partial charge in [-0.15, -0.1) is 0 Å². The maximum absolute atomic E-state index is 8.96. The Morgan fingerprint density at radius 1 is 1.31 bits per heavy atom. The number of benzene rings is 1. The van der Waals surface area contributed by atoms with E-state index in [4.69, 9.17) is 9.84 Å². The lowest BCUT2D eigenvalue weighted by Crippen LogP contribution is -1.95. The summed E-state index contributed by atoms with van der Waals surface area (Å²) in [5.74, 6) is 1.20. The molecule has 1 aromatic carbocycles. The van der Waals surface area contributed by atoms with Crippen molar-refractivity contribution < 1.29 is 9.84 Å². The van der Waals surface area contributed by atoms with Crippen LogP contribution in [0.2, 0.25) is 0 Å². The van der Waals surface area contributed by atoms with Crippen molar-refractivity contribution in [3.63, 3.8) is 0 Å². The molecular weight excluding hydrogens is 204 g/mol. The van der Waals surface area contributed by atoms with Crippen LogP contribution in [0.3, 0.4) is 0 Å². The second kappa shape index (κ2) is 4.72. The molecule has 82 valence electrons. The molecule has 0 spiro atoms. The lowest BCUT2D eigenvalue weighted by molar-refractivity contribution is 0.271. The van der Waals surface area contributed by atoms with Crippen LogP contribution in [0.4, 0.5) is 0 Å². The largest absolute Gasteiger partial charge is 0.497 e. The fraction of sp³-hybridized carbons (Fsp3) is 0.167. The van der Waals surface area contributed by atoms with Crippen molar-refractivity contribution in [2.24, 2.45) is 0 Å². The van der Waals surface area contributed by atoms with Crippen LogP contribution in [0, 0.1) is 0 Å². The molecular formula is C12H12N2O2. The molecule has 4 nitrogen and oxygen atoms in total. The molecule has 0 aliphatic heterocycles. The number of aromatic nitrogens is 2. The zero-order chi connectivity index (χ0) is 11.4. The summed E-state index contributed by atoms with van der Waals surface area (Å²) in [4.78, 5) is 8.15. The Morgan fingerprint density at radius 3 is 2.94 bits per heavy atom. The van der Waals surface area contributed by atoms with Gasteiger partial charge in [-0.25, -0.2) is 9.97 Å². The average molecular weight is 216 g/mol. The highest BCUT2D eigenvalue weighted by molar-refractivity contribution is 5.60. The summed E-state index contributed by atoms with van der Waals surface area (Å²) in [6.07, 6.45) is 1.63. The van der Waals surface area contributed by atoms with Gasteiger partial charge in [0.15, 0.2) is 5.82 Å². The lowest BCUT2D eigenvalue weighted by Gasteiger charge is -2.04. The van der Waals surface area contributed by atoms with Crippen LogP contribution in [0.15, 0.2) is 36.5 Å². The third-order valence-corrected chi connectivity index (χ3v) is 2.21. The molecule has 1 aromatic heterocycles. The molecule has 1 heterocycles. The summed E-state index contributed by atoms with van der Waals surface area (Å²) in [5, 5.41) is 8.96. The van der Waals surface area contributed by atoms with Gasteiger partial charge in [-0.1, -0.05) is 12.1 Å².